The molecule has 1 heterocycles. The van der Waals surface area contributed by atoms with Crippen LogP contribution in [0.5, 0.6) is 5.75 Å². The maximum absolute atomic E-state index is 10.5. The van der Waals surface area contributed by atoms with Gasteiger partial charge in [-0.1, -0.05) is 12.1 Å². The van der Waals surface area contributed by atoms with E-state index in [1.165, 1.54) is 0 Å². The van der Waals surface area contributed by atoms with Gasteiger partial charge in [0.2, 0.25) is 0 Å². The van der Waals surface area contributed by atoms with Gasteiger partial charge in [0.05, 0.1) is 19.1 Å². The first-order valence-electron chi connectivity index (χ1n) is 5.99. The number of nitriles is 1. The van der Waals surface area contributed by atoms with Gasteiger partial charge in [0.15, 0.2) is 0 Å². The Kier molecular flexibility index (Phi) is 4.01. The summed E-state index contributed by atoms with van der Waals surface area (Å²) in [6.07, 6.45) is -0.0451. The van der Waals surface area contributed by atoms with Crippen LogP contribution in [-0.2, 0) is 4.79 Å². The zero-order valence-electron chi connectivity index (χ0n) is 10.9. The lowest BCUT2D eigenvalue weighted by Gasteiger charge is -2.10. The smallest absolute Gasteiger partial charge is 0.305 e. The molecule has 0 saturated carbocycles. The van der Waals surface area contributed by atoms with Crippen LogP contribution in [0.3, 0.4) is 0 Å². The molecule has 0 bridgehead atoms. The molecule has 6 nitrogen and oxygen atoms in total. The van der Waals surface area contributed by atoms with Gasteiger partial charge in [-0.15, -0.1) is 0 Å². The number of nitrogens with zero attached hydrogens (tertiary/aromatic N) is 2. The van der Waals surface area contributed by atoms with Crippen LogP contribution in [0.15, 0.2) is 24.3 Å². The third-order valence-corrected chi connectivity index (χ3v) is 2.78. The Hall–Kier alpha value is -2.81. The number of hydrogen-bond donors (Lipinski definition) is 2. The van der Waals surface area contributed by atoms with Crippen LogP contribution in [0.4, 0.5) is 5.82 Å². The number of carbonyl (C=O) groups is 1. The van der Waals surface area contributed by atoms with E-state index in [2.05, 4.69) is 16.4 Å². The molecule has 0 aliphatic heterocycles. The topological polar surface area (TPSA) is 95.2 Å². The van der Waals surface area contributed by atoms with Crippen LogP contribution in [-0.4, -0.2) is 29.7 Å². The maximum atomic E-state index is 10.5. The quantitative estimate of drug-likeness (QED) is 0.863. The number of carboxylic acid groups (broad SMARTS) is 1. The monoisotopic (exact) mass is 271 g/mol. The fraction of sp³-hybridized carbons (Fsp3) is 0.214. The number of nitrogens with one attached hydrogen (secondary N) is 1. The van der Waals surface area contributed by atoms with Gasteiger partial charge in [0, 0.05) is 11.9 Å². The van der Waals surface area contributed by atoms with Gasteiger partial charge in [-0.2, -0.15) is 5.26 Å². The Balaban J connectivity index is 2.42. The van der Waals surface area contributed by atoms with Gasteiger partial charge in [0.1, 0.15) is 23.2 Å². The number of aliphatic carboxylic acids is 1. The van der Waals surface area contributed by atoms with Crippen molar-refractivity contribution in [1.82, 2.24) is 4.98 Å². The van der Waals surface area contributed by atoms with Crippen LogP contribution in [0.1, 0.15) is 12.0 Å². The van der Waals surface area contributed by atoms with Crippen LogP contribution in [0.25, 0.3) is 10.9 Å². The Morgan fingerprint density at radius 3 is 3.00 bits per heavy atom. The Bertz CT molecular complexity index is 692. The molecule has 0 aliphatic carbocycles. The standard InChI is InChI=1S/C14H13N3O3/c1-20-11-4-2-3-9-7-10(8-15)14(17-13(9)11)16-6-5-12(18)19/h2-4,7H,5-6H2,1H3,(H,16,17)(H,18,19). The van der Waals surface area contributed by atoms with Crippen molar-refractivity contribution in [3.8, 4) is 11.8 Å². The molecule has 102 valence electrons. The highest BCUT2D eigenvalue weighted by Gasteiger charge is 2.10. The maximum Gasteiger partial charge on any atom is 0.305 e. The van der Waals surface area contributed by atoms with Crippen molar-refractivity contribution < 1.29 is 14.6 Å². The summed E-state index contributed by atoms with van der Waals surface area (Å²) in [4.78, 5) is 14.9. The molecule has 0 radical (unpaired) electrons. The molecule has 0 amide bonds. The van der Waals surface area contributed by atoms with Gasteiger partial charge >= 0.3 is 5.97 Å². The fourth-order valence-corrected chi connectivity index (χ4v) is 1.84. The van der Waals surface area contributed by atoms with Crippen molar-refractivity contribution in [2.45, 2.75) is 6.42 Å². The molecule has 2 rings (SSSR count). The molecule has 0 fully saturated rings. The summed E-state index contributed by atoms with van der Waals surface area (Å²) < 4.78 is 5.23. The lowest BCUT2D eigenvalue weighted by atomic mass is 10.1. The SMILES string of the molecule is COc1cccc2cc(C#N)c(NCCC(=O)O)nc12. The second-order valence-corrected chi connectivity index (χ2v) is 4.10. The van der Waals surface area contributed by atoms with Crippen LogP contribution in [0.2, 0.25) is 0 Å². The van der Waals surface area contributed by atoms with Gasteiger partial charge < -0.3 is 15.2 Å². The highest BCUT2D eigenvalue weighted by molar-refractivity contribution is 5.87. The largest absolute Gasteiger partial charge is 0.494 e. The zero-order valence-corrected chi connectivity index (χ0v) is 10.9. The van der Waals surface area contributed by atoms with Crippen molar-refractivity contribution in [1.29, 1.82) is 5.26 Å². The number of para-hydroxylation sites is 1. The van der Waals surface area contributed by atoms with E-state index in [1.54, 1.807) is 19.2 Å². The fourth-order valence-electron chi connectivity index (χ4n) is 1.84. The van der Waals surface area contributed by atoms with E-state index in [1.807, 2.05) is 12.1 Å². The molecule has 0 aliphatic rings. The number of rotatable bonds is 5. The summed E-state index contributed by atoms with van der Waals surface area (Å²) in [6, 6.07) is 9.19. The lowest BCUT2D eigenvalue weighted by molar-refractivity contribution is -0.136. The van der Waals surface area contributed by atoms with Crippen LogP contribution < -0.4 is 10.1 Å². The minimum absolute atomic E-state index is 0.0451. The van der Waals surface area contributed by atoms with Crippen LogP contribution >= 0.6 is 0 Å². The van der Waals surface area contributed by atoms with Gasteiger partial charge in [-0.05, 0) is 12.1 Å². The number of pyridine rings is 1. The summed E-state index contributed by atoms with van der Waals surface area (Å²) >= 11 is 0. The molecule has 20 heavy (non-hydrogen) atoms. The molecule has 0 saturated heterocycles. The predicted molar refractivity (Wildman–Crippen MR) is 73.8 cm³/mol. The third-order valence-electron chi connectivity index (χ3n) is 2.78. The van der Waals surface area contributed by atoms with Crippen molar-refractivity contribution in [2.24, 2.45) is 0 Å². The molecule has 6 heteroatoms. The number of methoxy groups -OCH3 is 1. The van der Waals surface area contributed by atoms with Crippen molar-refractivity contribution in [2.75, 3.05) is 19.0 Å². The summed E-state index contributed by atoms with van der Waals surface area (Å²) in [5.74, 6) is 0.0633. The molecule has 1 aromatic carbocycles. The summed E-state index contributed by atoms with van der Waals surface area (Å²) in [5.41, 5.74) is 1.00. The molecular formula is C14H13N3O3. The number of benzene rings is 1. The number of fused-ring (bicyclic) bond motifs is 1. The number of aromatic nitrogens is 1. The van der Waals surface area contributed by atoms with Gasteiger partial charge in [-0.25, -0.2) is 4.98 Å². The lowest BCUT2D eigenvalue weighted by Crippen LogP contribution is -2.10. The predicted octanol–water partition coefficient (Wildman–Crippen LogP) is 2.00. The number of anilines is 1. The van der Waals surface area contributed by atoms with Gasteiger partial charge in [0.25, 0.3) is 0 Å². The number of carboxylic acids is 1. The average molecular weight is 271 g/mol. The minimum atomic E-state index is -0.908. The molecule has 1 aromatic heterocycles. The van der Waals surface area contributed by atoms with E-state index in [-0.39, 0.29) is 13.0 Å². The normalized spacial score (nSPS) is 10.0. The molecular weight excluding hydrogens is 258 g/mol. The zero-order chi connectivity index (χ0) is 14.5. The Morgan fingerprint density at radius 1 is 1.55 bits per heavy atom. The summed E-state index contributed by atoms with van der Waals surface area (Å²) in [6.45, 7) is 0.206. The van der Waals surface area contributed by atoms with Crippen molar-refractivity contribution in [3.63, 3.8) is 0 Å². The van der Waals surface area contributed by atoms with E-state index < -0.39 is 5.97 Å². The van der Waals surface area contributed by atoms with Crippen molar-refractivity contribution >= 4 is 22.7 Å². The molecule has 2 N–H and O–H groups in total. The molecule has 0 atom stereocenters. The van der Waals surface area contributed by atoms with Gasteiger partial charge in [-0.3, -0.25) is 4.79 Å². The first-order valence-corrected chi connectivity index (χ1v) is 5.99. The Morgan fingerprint density at radius 2 is 2.35 bits per heavy atom. The summed E-state index contributed by atoms with van der Waals surface area (Å²) in [5, 5.41) is 21.4. The number of hydrogen-bond acceptors (Lipinski definition) is 5. The second-order valence-electron chi connectivity index (χ2n) is 4.10. The molecule has 0 spiro atoms. The summed E-state index contributed by atoms with van der Waals surface area (Å²) in [7, 11) is 1.55. The third kappa shape index (κ3) is 2.78. The first-order chi connectivity index (χ1) is 9.65. The van der Waals surface area contributed by atoms with E-state index in [4.69, 9.17) is 15.1 Å². The first kappa shape index (κ1) is 13.6. The van der Waals surface area contributed by atoms with E-state index >= 15 is 0 Å². The number of ether oxygens (including phenoxy) is 1. The minimum Gasteiger partial charge on any atom is -0.494 e. The highest BCUT2D eigenvalue weighted by atomic mass is 16.5. The second kappa shape index (κ2) is 5.89. The molecule has 2 aromatic rings. The molecule has 0 unspecified atom stereocenters. The Labute approximate surface area is 115 Å². The highest BCUT2D eigenvalue weighted by Crippen LogP contribution is 2.27. The average Bonchev–Trinajstić information content (AvgIpc) is 2.45. The van der Waals surface area contributed by atoms with E-state index in [0.29, 0.717) is 22.6 Å². The van der Waals surface area contributed by atoms with E-state index in [0.717, 1.165) is 5.39 Å². The van der Waals surface area contributed by atoms with E-state index in [9.17, 15) is 4.79 Å². The van der Waals surface area contributed by atoms with Crippen molar-refractivity contribution in [3.05, 3.63) is 29.8 Å². The van der Waals surface area contributed by atoms with Crippen LogP contribution in [0, 0.1) is 11.3 Å².